The number of carbonyl (C=O) groups is 3. The van der Waals surface area contributed by atoms with Gasteiger partial charge >= 0.3 is 0 Å². The fourth-order valence-electron chi connectivity index (χ4n) is 2.72. The molecule has 0 spiro atoms. The Bertz CT molecular complexity index is 659. The Labute approximate surface area is 194 Å². The number of rotatable bonds is 8. The van der Waals surface area contributed by atoms with Gasteiger partial charge in [-0.3, -0.25) is 14.4 Å². The molecule has 0 aliphatic carbocycles. The second-order valence-corrected chi connectivity index (χ2v) is 6.38. The lowest BCUT2D eigenvalue weighted by atomic mass is 10.1. The van der Waals surface area contributed by atoms with Crippen LogP contribution in [0.25, 0.3) is 0 Å². The van der Waals surface area contributed by atoms with E-state index in [1.807, 2.05) is 42.2 Å². The molecule has 2 rings (SSSR count). The number of nitrogens with one attached hydrogen (secondary N) is 2. The first kappa shape index (κ1) is 27.8. The van der Waals surface area contributed by atoms with Gasteiger partial charge in [-0.2, -0.15) is 0 Å². The summed E-state index contributed by atoms with van der Waals surface area (Å²) in [6.45, 7) is 10.0. The molecule has 1 fully saturated rings. The zero-order valence-electron chi connectivity index (χ0n) is 18.0. The third-order valence-corrected chi connectivity index (χ3v) is 4.25. The second kappa shape index (κ2) is 17.7. The lowest BCUT2D eigenvalue weighted by molar-refractivity contribution is -0.149. The molecule has 0 aromatic heterocycles. The van der Waals surface area contributed by atoms with Crippen LogP contribution in [0.2, 0.25) is 0 Å². The van der Waals surface area contributed by atoms with Crippen LogP contribution < -0.4 is 10.6 Å². The minimum Gasteiger partial charge on any atom is -0.354 e. The molecule has 3 amide bonds. The molecule has 0 saturated carbocycles. The molecule has 1 aromatic rings. The Morgan fingerprint density at radius 1 is 1.23 bits per heavy atom. The highest BCUT2D eigenvalue weighted by molar-refractivity contribution is 14.1. The van der Waals surface area contributed by atoms with Gasteiger partial charge in [-0.05, 0) is 23.3 Å². The van der Waals surface area contributed by atoms with E-state index in [1.165, 1.54) is 4.90 Å². The molecule has 1 aliphatic rings. The molecule has 7 heteroatoms. The highest BCUT2D eigenvalue weighted by Gasteiger charge is 2.38. The number of hydrogen-bond acceptors (Lipinski definition) is 3. The molecule has 2 N–H and O–H groups in total. The van der Waals surface area contributed by atoms with Crippen LogP contribution in [0.15, 0.2) is 55.6 Å². The first-order chi connectivity index (χ1) is 14.5. The van der Waals surface area contributed by atoms with E-state index in [0.717, 1.165) is 18.4 Å². The predicted molar refractivity (Wildman–Crippen MR) is 132 cm³/mol. The Balaban J connectivity index is 0.00000125. The van der Waals surface area contributed by atoms with E-state index in [2.05, 4.69) is 46.4 Å². The number of allylic oxidation sites excluding steroid dienone is 2. The van der Waals surface area contributed by atoms with Crippen molar-refractivity contribution in [3.8, 4) is 0 Å². The van der Waals surface area contributed by atoms with Crippen LogP contribution >= 0.6 is 22.6 Å². The summed E-state index contributed by atoms with van der Waals surface area (Å²) in [4.78, 5) is 40.3. The minimum absolute atomic E-state index is 0.163. The smallest absolute Gasteiger partial charge is 0.252 e. The highest BCUT2D eigenvalue weighted by Crippen LogP contribution is 2.10. The monoisotopic (exact) mass is 527 g/mol. The predicted octanol–water partition coefficient (Wildman–Crippen LogP) is 3.27. The van der Waals surface area contributed by atoms with Gasteiger partial charge in [-0.1, -0.05) is 91.6 Å². The van der Waals surface area contributed by atoms with Crippen molar-refractivity contribution in [2.75, 3.05) is 24.6 Å². The topological polar surface area (TPSA) is 78.5 Å². The zero-order valence-corrected chi connectivity index (χ0v) is 20.2. The second-order valence-electron chi connectivity index (χ2n) is 6.38. The number of alkyl halides is 1. The Morgan fingerprint density at radius 3 is 2.43 bits per heavy atom. The van der Waals surface area contributed by atoms with Gasteiger partial charge in [0, 0.05) is 26.1 Å². The summed E-state index contributed by atoms with van der Waals surface area (Å²) in [5.41, 5.74) is 1.07. The fraction of sp³-hybridized carbons (Fsp3) is 0.435. The zero-order chi connectivity index (χ0) is 22.8. The summed E-state index contributed by atoms with van der Waals surface area (Å²) >= 11 is 2.15. The normalized spacial score (nSPS) is 14.7. The van der Waals surface area contributed by atoms with E-state index >= 15 is 0 Å². The molecule has 30 heavy (non-hydrogen) atoms. The summed E-state index contributed by atoms with van der Waals surface area (Å²) < 4.78 is 0. The quantitative estimate of drug-likeness (QED) is 0.179. The SMILES string of the molecule is C=CC=C.CCCCNC(=O)C1C(=O)NCCN1C(=O)CCc1ccccc1.CI. The number of piperazine rings is 1. The summed E-state index contributed by atoms with van der Waals surface area (Å²) in [7, 11) is 0. The maximum atomic E-state index is 12.5. The molecule has 1 atom stereocenters. The van der Waals surface area contributed by atoms with E-state index in [9.17, 15) is 14.4 Å². The average molecular weight is 527 g/mol. The molecular weight excluding hydrogens is 493 g/mol. The Hall–Kier alpha value is -2.16. The van der Waals surface area contributed by atoms with Crippen LogP contribution in [0.3, 0.4) is 0 Å². The Kier molecular flexibility index (Phi) is 16.4. The number of aryl methyl sites for hydroxylation is 1. The Morgan fingerprint density at radius 2 is 1.87 bits per heavy atom. The van der Waals surface area contributed by atoms with Gasteiger partial charge < -0.3 is 15.5 Å². The van der Waals surface area contributed by atoms with Crippen molar-refractivity contribution < 1.29 is 14.4 Å². The number of hydrogen-bond donors (Lipinski definition) is 2. The first-order valence-corrected chi connectivity index (χ1v) is 12.2. The van der Waals surface area contributed by atoms with Gasteiger partial charge in [0.1, 0.15) is 0 Å². The molecule has 0 bridgehead atoms. The summed E-state index contributed by atoms with van der Waals surface area (Å²) in [5, 5.41) is 5.42. The first-order valence-electron chi connectivity index (χ1n) is 10.0. The van der Waals surface area contributed by atoms with Gasteiger partial charge in [0.15, 0.2) is 6.04 Å². The molecular formula is C23H34IN3O3. The van der Waals surface area contributed by atoms with Gasteiger partial charge in [-0.15, -0.1) is 0 Å². The number of carbonyl (C=O) groups excluding carboxylic acids is 3. The van der Waals surface area contributed by atoms with Gasteiger partial charge in [0.25, 0.3) is 11.8 Å². The van der Waals surface area contributed by atoms with Gasteiger partial charge in [-0.25, -0.2) is 0 Å². The van der Waals surface area contributed by atoms with Gasteiger partial charge in [0.05, 0.1) is 0 Å². The molecule has 1 saturated heterocycles. The van der Waals surface area contributed by atoms with Crippen molar-refractivity contribution in [3.05, 3.63) is 61.2 Å². The van der Waals surface area contributed by atoms with E-state index in [0.29, 0.717) is 26.1 Å². The minimum atomic E-state index is -1.06. The third kappa shape index (κ3) is 10.6. The van der Waals surface area contributed by atoms with Crippen molar-refractivity contribution >= 4 is 40.3 Å². The number of amides is 3. The van der Waals surface area contributed by atoms with E-state index in [1.54, 1.807) is 12.2 Å². The van der Waals surface area contributed by atoms with Crippen LogP contribution in [0.5, 0.6) is 0 Å². The molecule has 166 valence electrons. The molecule has 1 heterocycles. The van der Waals surface area contributed by atoms with Crippen molar-refractivity contribution in [2.45, 2.75) is 38.6 Å². The van der Waals surface area contributed by atoms with Crippen LogP contribution in [0.4, 0.5) is 0 Å². The largest absolute Gasteiger partial charge is 0.354 e. The van der Waals surface area contributed by atoms with Gasteiger partial charge in [0.2, 0.25) is 5.91 Å². The van der Waals surface area contributed by atoms with Crippen molar-refractivity contribution in [2.24, 2.45) is 0 Å². The maximum absolute atomic E-state index is 12.5. The lowest BCUT2D eigenvalue weighted by Crippen LogP contribution is -2.62. The molecule has 1 aromatic carbocycles. The van der Waals surface area contributed by atoms with E-state index in [4.69, 9.17) is 0 Å². The van der Waals surface area contributed by atoms with E-state index < -0.39 is 17.9 Å². The highest BCUT2D eigenvalue weighted by atomic mass is 127. The summed E-state index contributed by atoms with van der Waals surface area (Å²) in [6, 6.07) is 8.66. The standard InChI is InChI=1S/C18H25N3O3.C4H6.CH3I/c1-2-3-11-19-17(23)16-18(24)20-12-13-21(16)15(22)10-9-14-7-5-4-6-8-14;1-3-4-2;1-2/h4-8,16H,2-3,9-13H2,1H3,(H,19,23)(H,20,24);3-4H,1-2H2;1H3. The lowest BCUT2D eigenvalue weighted by Gasteiger charge is -2.34. The van der Waals surface area contributed by atoms with Crippen molar-refractivity contribution in [3.63, 3.8) is 0 Å². The molecule has 1 unspecified atom stereocenters. The third-order valence-electron chi connectivity index (χ3n) is 4.25. The van der Waals surface area contributed by atoms with Crippen molar-refractivity contribution in [1.29, 1.82) is 0 Å². The summed E-state index contributed by atoms with van der Waals surface area (Å²) in [5.74, 6) is -0.957. The number of halogens is 1. The van der Waals surface area contributed by atoms with Crippen LogP contribution in [0, 0.1) is 0 Å². The average Bonchev–Trinajstić information content (AvgIpc) is 2.79. The molecule has 6 nitrogen and oxygen atoms in total. The van der Waals surface area contributed by atoms with Crippen LogP contribution in [-0.4, -0.2) is 53.2 Å². The maximum Gasteiger partial charge on any atom is 0.252 e. The number of benzene rings is 1. The fourth-order valence-corrected chi connectivity index (χ4v) is 2.72. The molecule has 0 radical (unpaired) electrons. The molecule has 1 aliphatic heterocycles. The van der Waals surface area contributed by atoms with Crippen LogP contribution in [-0.2, 0) is 20.8 Å². The number of unbranched alkanes of at least 4 members (excludes halogenated alkanes) is 1. The van der Waals surface area contributed by atoms with Crippen molar-refractivity contribution in [1.82, 2.24) is 15.5 Å². The van der Waals surface area contributed by atoms with E-state index in [-0.39, 0.29) is 12.3 Å². The number of nitrogens with zero attached hydrogens (tertiary/aromatic N) is 1. The van der Waals surface area contributed by atoms with Crippen LogP contribution in [0.1, 0.15) is 31.7 Å². The summed E-state index contributed by atoms with van der Waals surface area (Å²) in [6.07, 6.45) is 5.97.